The summed E-state index contributed by atoms with van der Waals surface area (Å²) < 4.78 is 29.9. The highest BCUT2D eigenvalue weighted by Gasteiger charge is 2.39. The van der Waals surface area contributed by atoms with E-state index in [-0.39, 0.29) is 11.7 Å². The number of rotatable bonds is 6. The van der Waals surface area contributed by atoms with Gasteiger partial charge in [-0.25, -0.2) is 4.39 Å². The zero-order valence-corrected chi connectivity index (χ0v) is 19.6. The molecular weight excluding hydrogens is 439 g/mol. The molecule has 178 valence electrons. The molecular formula is C26H27FN2O5. The molecule has 7 nitrogen and oxygen atoms in total. The van der Waals surface area contributed by atoms with Crippen molar-refractivity contribution in [3.05, 3.63) is 70.3 Å². The van der Waals surface area contributed by atoms with Gasteiger partial charge in [-0.05, 0) is 61.7 Å². The van der Waals surface area contributed by atoms with Gasteiger partial charge in [0.25, 0.3) is 5.91 Å². The minimum absolute atomic E-state index is 0.00733. The normalized spacial score (nSPS) is 17.7. The number of dihydropyridines is 1. The van der Waals surface area contributed by atoms with Gasteiger partial charge in [-0.2, -0.15) is 0 Å². The van der Waals surface area contributed by atoms with Gasteiger partial charge in [0, 0.05) is 40.6 Å². The van der Waals surface area contributed by atoms with E-state index in [1.807, 2.05) is 6.92 Å². The van der Waals surface area contributed by atoms with Crippen molar-refractivity contribution in [2.75, 3.05) is 26.6 Å². The molecule has 0 saturated heterocycles. The molecule has 0 unspecified atom stereocenters. The van der Waals surface area contributed by atoms with Crippen LogP contribution in [0.3, 0.4) is 0 Å². The Balaban J connectivity index is 1.86. The summed E-state index contributed by atoms with van der Waals surface area (Å²) in [5.74, 6) is -0.158. The van der Waals surface area contributed by atoms with Crippen LogP contribution in [0.1, 0.15) is 37.7 Å². The van der Waals surface area contributed by atoms with Crippen LogP contribution in [0.2, 0.25) is 0 Å². The number of benzene rings is 2. The molecule has 1 heterocycles. The lowest BCUT2D eigenvalue weighted by Gasteiger charge is -2.35. The van der Waals surface area contributed by atoms with Gasteiger partial charge in [0.05, 0.1) is 21.3 Å². The Bertz CT molecular complexity index is 1180. The van der Waals surface area contributed by atoms with Gasteiger partial charge < -0.3 is 24.8 Å². The predicted molar refractivity (Wildman–Crippen MR) is 126 cm³/mol. The first-order valence-electron chi connectivity index (χ1n) is 11.0. The lowest BCUT2D eigenvalue weighted by molar-refractivity contribution is -0.116. The number of Topliss-reactive ketones (excluding diaryl/α,β-unsaturated/α-hetero) is 1. The molecule has 0 saturated carbocycles. The summed E-state index contributed by atoms with van der Waals surface area (Å²) in [6.07, 6.45) is 1.87. The van der Waals surface area contributed by atoms with E-state index in [0.29, 0.717) is 58.2 Å². The maximum atomic E-state index is 13.5. The molecule has 1 aliphatic heterocycles. The second kappa shape index (κ2) is 9.59. The minimum atomic E-state index is -0.641. The van der Waals surface area contributed by atoms with E-state index in [1.54, 1.807) is 12.1 Å². The van der Waals surface area contributed by atoms with E-state index >= 15 is 0 Å². The summed E-state index contributed by atoms with van der Waals surface area (Å²) in [5.41, 5.74) is 3.55. The van der Waals surface area contributed by atoms with E-state index in [9.17, 15) is 14.0 Å². The number of nitrogens with one attached hydrogen (secondary N) is 2. The Morgan fingerprint density at radius 2 is 1.68 bits per heavy atom. The smallest absolute Gasteiger partial charge is 0.254 e. The number of carbonyl (C=O) groups excluding carboxylic acids is 2. The topological polar surface area (TPSA) is 85.9 Å². The molecule has 1 atom stereocenters. The average Bonchev–Trinajstić information content (AvgIpc) is 2.83. The predicted octanol–water partition coefficient (Wildman–Crippen LogP) is 4.46. The third-order valence-corrected chi connectivity index (χ3v) is 6.14. The van der Waals surface area contributed by atoms with Crippen LogP contribution < -0.4 is 24.8 Å². The van der Waals surface area contributed by atoms with E-state index in [1.165, 1.54) is 45.6 Å². The summed E-state index contributed by atoms with van der Waals surface area (Å²) in [6, 6.07) is 9.06. The Kier molecular flexibility index (Phi) is 6.58. The molecule has 0 radical (unpaired) electrons. The molecule has 2 N–H and O–H groups in total. The van der Waals surface area contributed by atoms with Crippen LogP contribution >= 0.6 is 0 Å². The molecule has 34 heavy (non-hydrogen) atoms. The van der Waals surface area contributed by atoms with Crippen LogP contribution in [-0.2, 0) is 9.59 Å². The monoisotopic (exact) mass is 466 g/mol. The Morgan fingerprint density at radius 3 is 2.26 bits per heavy atom. The van der Waals surface area contributed by atoms with Gasteiger partial charge in [-0.15, -0.1) is 0 Å². The number of anilines is 1. The highest BCUT2D eigenvalue weighted by Crippen LogP contribution is 2.47. The van der Waals surface area contributed by atoms with E-state index in [2.05, 4.69) is 10.6 Å². The molecule has 2 aliphatic rings. The first kappa shape index (κ1) is 23.4. The molecule has 4 rings (SSSR count). The number of methoxy groups -OCH3 is 3. The van der Waals surface area contributed by atoms with Gasteiger partial charge in [0.15, 0.2) is 17.3 Å². The maximum absolute atomic E-state index is 13.5. The molecule has 1 amide bonds. The number of ether oxygens (including phenoxy) is 3. The minimum Gasteiger partial charge on any atom is -0.493 e. The van der Waals surface area contributed by atoms with Gasteiger partial charge in [-0.1, -0.05) is 0 Å². The summed E-state index contributed by atoms with van der Waals surface area (Å²) >= 11 is 0. The van der Waals surface area contributed by atoms with E-state index in [4.69, 9.17) is 14.2 Å². The van der Waals surface area contributed by atoms with Gasteiger partial charge in [-0.3, -0.25) is 9.59 Å². The highest BCUT2D eigenvalue weighted by atomic mass is 19.1. The van der Waals surface area contributed by atoms with Crippen LogP contribution in [0.25, 0.3) is 0 Å². The molecule has 2 aromatic rings. The molecule has 0 spiro atoms. The van der Waals surface area contributed by atoms with Crippen molar-refractivity contribution in [1.29, 1.82) is 0 Å². The molecule has 0 bridgehead atoms. The zero-order valence-electron chi connectivity index (χ0n) is 19.6. The second-order valence-electron chi connectivity index (χ2n) is 8.19. The summed E-state index contributed by atoms with van der Waals surface area (Å²) in [4.78, 5) is 26.7. The number of hydrogen-bond acceptors (Lipinski definition) is 6. The summed E-state index contributed by atoms with van der Waals surface area (Å²) in [7, 11) is 4.55. The van der Waals surface area contributed by atoms with Crippen molar-refractivity contribution in [3.8, 4) is 17.2 Å². The van der Waals surface area contributed by atoms with E-state index in [0.717, 1.165) is 12.1 Å². The quantitative estimate of drug-likeness (QED) is 0.654. The third kappa shape index (κ3) is 4.23. The highest BCUT2D eigenvalue weighted by molar-refractivity contribution is 6.09. The van der Waals surface area contributed by atoms with Gasteiger partial charge >= 0.3 is 0 Å². The maximum Gasteiger partial charge on any atom is 0.254 e. The third-order valence-electron chi connectivity index (χ3n) is 6.14. The fourth-order valence-electron chi connectivity index (χ4n) is 4.62. The van der Waals surface area contributed by atoms with Crippen LogP contribution in [-0.4, -0.2) is 33.0 Å². The first-order chi connectivity index (χ1) is 16.4. The molecule has 0 aromatic heterocycles. The second-order valence-corrected chi connectivity index (χ2v) is 8.19. The van der Waals surface area contributed by atoms with Crippen molar-refractivity contribution in [2.24, 2.45) is 0 Å². The van der Waals surface area contributed by atoms with Crippen molar-refractivity contribution in [3.63, 3.8) is 0 Å². The number of halogens is 1. The van der Waals surface area contributed by atoms with Crippen LogP contribution in [0.15, 0.2) is 58.9 Å². The van der Waals surface area contributed by atoms with Crippen molar-refractivity contribution >= 4 is 17.4 Å². The van der Waals surface area contributed by atoms with Gasteiger partial charge in [0.2, 0.25) is 5.75 Å². The fraction of sp³-hybridized carbons (Fsp3) is 0.308. The Labute approximate surface area is 197 Å². The number of allylic oxidation sites excluding steroid dienone is 3. The first-order valence-corrected chi connectivity index (χ1v) is 11.0. The van der Waals surface area contributed by atoms with E-state index < -0.39 is 11.7 Å². The average molecular weight is 467 g/mol. The van der Waals surface area contributed by atoms with Crippen molar-refractivity contribution < 1.29 is 28.2 Å². The summed E-state index contributed by atoms with van der Waals surface area (Å²) in [6.45, 7) is 1.81. The largest absolute Gasteiger partial charge is 0.493 e. The fourth-order valence-corrected chi connectivity index (χ4v) is 4.62. The Morgan fingerprint density at radius 1 is 1.03 bits per heavy atom. The standard InChI is InChI=1S/C26H27FN2O5/c1-14-22(26(31)29-17-10-8-16(27)9-11-17)23(24-18(28-14)6-5-7-19(24)30)15-12-20(32-2)25(34-4)21(13-15)33-3/h8-13,23,28H,5-7H2,1-4H3,(H,29,31)/t23-/m1/s1. The molecule has 8 heteroatoms. The van der Waals surface area contributed by atoms with Crippen LogP contribution in [0, 0.1) is 5.82 Å². The van der Waals surface area contributed by atoms with Crippen LogP contribution in [0.5, 0.6) is 17.2 Å². The van der Waals surface area contributed by atoms with Crippen molar-refractivity contribution in [2.45, 2.75) is 32.1 Å². The molecule has 2 aromatic carbocycles. The number of ketones is 1. The van der Waals surface area contributed by atoms with Gasteiger partial charge in [0.1, 0.15) is 5.82 Å². The summed E-state index contributed by atoms with van der Waals surface area (Å²) in [5, 5.41) is 6.12. The molecule has 1 aliphatic carbocycles. The number of hydrogen-bond donors (Lipinski definition) is 2. The SMILES string of the molecule is COc1cc([C@@H]2C(C(=O)Nc3ccc(F)cc3)=C(C)NC3=C2C(=O)CCC3)cc(OC)c1OC. The lowest BCUT2D eigenvalue weighted by Crippen LogP contribution is -2.35. The Hall–Kier alpha value is -3.81. The zero-order chi connectivity index (χ0) is 24.4. The number of amides is 1. The van der Waals surface area contributed by atoms with Crippen molar-refractivity contribution in [1.82, 2.24) is 5.32 Å². The lowest BCUT2D eigenvalue weighted by atomic mass is 9.75. The number of carbonyl (C=O) groups is 2. The van der Waals surface area contributed by atoms with Crippen LogP contribution in [0.4, 0.5) is 10.1 Å². The molecule has 0 fully saturated rings.